The average molecular weight is 1050 g/mol. The smallest absolute Gasteiger partial charge is 0.347 e. The maximum Gasteiger partial charge on any atom is 0.347 e. The number of hydrogen-bond donors (Lipinski definition) is 0. The minimum Gasteiger partial charge on any atom is -0.493 e. The number of ether oxygens (including phenoxy) is 3. The van der Waals surface area contributed by atoms with Crippen molar-refractivity contribution in [3.8, 4) is 11.5 Å². The van der Waals surface area contributed by atoms with Crippen LogP contribution in [0.25, 0.3) is 0 Å². The second-order valence-electron chi connectivity index (χ2n) is 18.3. The van der Waals surface area contributed by atoms with Crippen LogP contribution in [0.4, 0.5) is 0 Å². The molecule has 0 fully saturated rings. The predicted octanol–water partition coefficient (Wildman–Crippen LogP) is 13.6. The molecule has 13 nitrogen and oxygen atoms in total. The fraction of sp³-hybridized carbons (Fsp3) is 0.298. The van der Waals surface area contributed by atoms with Crippen molar-refractivity contribution in [1.29, 1.82) is 0 Å². The monoisotopic (exact) mass is 1050 g/mol. The third-order valence-corrected chi connectivity index (χ3v) is 18.5. The topological polar surface area (TPSA) is 167 Å². The van der Waals surface area contributed by atoms with Gasteiger partial charge in [-0.25, -0.2) is 4.79 Å². The highest BCUT2D eigenvalue weighted by Crippen LogP contribution is 2.72. The summed E-state index contributed by atoms with van der Waals surface area (Å²) in [6, 6.07) is 44.5. The largest absolute Gasteiger partial charge is 0.493 e. The highest BCUT2D eigenvalue weighted by Gasteiger charge is 2.51. The van der Waals surface area contributed by atoms with Gasteiger partial charge in [-0.3, -0.25) is 23.5 Å². The molecule has 0 heterocycles. The predicted molar refractivity (Wildman–Crippen MR) is 281 cm³/mol. The van der Waals surface area contributed by atoms with Gasteiger partial charge in [0.1, 0.15) is 17.1 Å². The van der Waals surface area contributed by atoms with Gasteiger partial charge >= 0.3 is 27.1 Å². The maximum absolute atomic E-state index is 15.5. The Bertz CT molecular complexity index is 2730. The van der Waals surface area contributed by atoms with Gasteiger partial charge in [0.15, 0.2) is 11.2 Å². The Morgan fingerprint density at radius 2 is 1.01 bits per heavy atom. The molecule has 0 radical (unpaired) electrons. The van der Waals surface area contributed by atoms with Gasteiger partial charge in [0, 0.05) is 23.8 Å². The van der Waals surface area contributed by atoms with E-state index >= 15 is 9.13 Å². The molecular formula is C57H60O13P2S. The zero-order valence-corrected chi connectivity index (χ0v) is 44.0. The Kier molecular flexibility index (Phi) is 19.4. The van der Waals surface area contributed by atoms with Crippen molar-refractivity contribution >= 4 is 50.5 Å². The zero-order chi connectivity index (χ0) is 51.9. The van der Waals surface area contributed by atoms with Crippen molar-refractivity contribution in [2.75, 3.05) is 18.1 Å². The van der Waals surface area contributed by atoms with Crippen LogP contribution >= 0.6 is 27.0 Å². The summed E-state index contributed by atoms with van der Waals surface area (Å²) in [5.74, 6) is -1.93. The van der Waals surface area contributed by atoms with E-state index < -0.39 is 49.7 Å². The zero-order valence-electron chi connectivity index (χ0n) is 41.4. The Labute approximate surface area is 431 Å². The van der Waals surface area contributed by atoms with Crippen LogP contribution < -0.4 is 9.47 Å². The number of carbonyl (C=O) groups excluding carboxylic acids is 4. The molecule has 0 amide bonds. The first kappa shape index (κ1) is 54.8. The van der Waals surface area contributed by atoms with E-state index in [-0.39, 0.29) is 78.1 Å². The Hall–Kier alpha value is -5.95. The van der Waals surface area contributed by atoms with Gasteiger partial charge in [0.2, 0.25) is 5.78 Å². The van der Waals surface area contributed by atoms with E-state index in [4.69, 9.17) is 32.3 Å². The molecule has 6 aromatic carbocycles. The number of ketones is 2. The molecule has 0 saturated heterocycles. The van der Waals surface area contributed by atoms with E-state index in [1.54, 1.807) is 32.9 Å². The SMILES string of the molecule is CC(=O)Oc1cc(C(=O)OC(C)(C)C)cc2c1C(=O)c1c(OCCCCCCSCC(P(=O)(OCc3ccccc3)OCc3ccccc3)P(=O)(OCc3ccccc3)OCc3ccccc3)cccc1C2=O. The third-order valence-electron chi connectivity index (χ3n) is 11.4. The standard InChI is InChI=1S/C57H60O13P2S/c1-41(58)69-50-35-46(56(61)70-57(2,3)4)34-48-53(50)55(60)52-47(54(48)59)30-21-31-49(52)64-32-19-5-6-20-33-73-40-51(71(62,65-36-42-22-11-7-12-23-42)66-37-43-24-13-8-14-25-43)72(63,67-38-44-26-15-9-16-27-44)68-39-45-28-17-10-18-29-45/h7-18,21-31,34-35,51H,5-6,19-20,32-33,36-40H2,1-4H3. The number of thioether (sulfide) groups is 1. The van der Waals surface area contributed by atoms with Gasteiger partial charge < -0.3 is 32.3 Å². The van der Waals surface area contributed by atoms with Crippen molar-refractivity contribution in [1.82, 2.24) is 0 Å². The van der Waals surface area contributed by atoms with Crippen LogP contribution in [0.15, 0.2) is 152 Å². The molecule has 0 atom stereocenters. The van der Waals surface area contributed by atoms with Crippen LogP contribution in [-0.4, -0.2) is 52.6 Å². The summed E-state index contributed by atoms with van der Waals surface area (Å²) in [5, 5.41) is -1.31. The lowest BCUT2D eigenvalue weighted by atomic mass is 9.82. The molecule has 0 spiro atoms. The fourth-order valence-corrected chi connectivity index (χ4v) is 15.0. The van der Waals surface area contributed by atoms with Gasteiger partial charge in [-0.1, -0.05) is 146 Å². The number of unbranched alkanes of at least 4 members (excludes halogenated alkanes) is 3. The van der Waals surface area contributed by atoms with E-state index in [9.17, 15) is 19.2 Å². The molecule has 16 heteroatoms. The van der Waals surface area contributed by atoms with E-state index in [1.807, 2.05) is 121 Å². The Morgan fingerprint density at radius 3 is 1.48 bits per heavy atom. The number of carbonyl (C=O) groups is 4. The van der Waals surface area contributed by atoms with Crippen molar-refractivity contribution < 1.29 is 60.6 Å². The average Bonchev–Trinajstić information content (AvgIpc) is 3.38. The van der Waals surface area contributed by atoms with Crippen molar-refractivity contribution in [2.45, 2.75) is 90.8 Å². The number of fused-ring (bicyclic) bond motifs is 2. The summed E-state index contributed by atoms with van der Waals surface area (Å²) in [7, 11) is -8.64. The van der Waals surface area contributed by atoms with Crippen LogP contribution in [0.2, 0.25) is 0 Å². The van der Waals surface area contributed by atoms with Crippen LogP contribution in [0.1, 0.15) is 118 Å². The highest BCUT2D eigenvalue weighted by molar-refractivity contribution is 8.00. The van der Waals surface area contributed by atoms with Crippen molar-refractivity contribution in [3.63, 3.8) is 0 Å². The van der Waals surface area contributed by atoms with Crippen molar-refractivity contribution in [3.05, 3.63) is 202 Å². The first-order chi connectivity index (χ1) is 35.1. The molecule has 0 bridgehead atoms. The van der Waals surface area contributed by atoms with Gasteiger partial charge in [-0.15, -0.1) is 0 Å². The van der Waals surface area contributed by atoms with E-state index in [0.29, 0.717) is 12.2 Å². The molecule has 7 rings (SSSR count). The van der Waals surface area contributed by atoms with Crippen LogP contribution in [0.5, 0.6) is 11.5 Å². The molecule has 1 aliphatic carbocycles. The quantitative estimate of drug-likeness (QED) is 0.0217. The van der Waals surface area contributed by atoms with E-state index in [0.717, 1.165) is 48.4 Å². The highest BCUT2D eigenvalue weighted by atomic mass is 32.2. The minimum atomic E-state index is -4.32. The second kappa shape index (κ2) is 25.8. The number of rotatable bonds is 26. The van der Waals surface area contributed by atoms with Gasteiger partial charge in [0.25, 0.3) is 0 Å². The molecule has 0 unspecified atom stereocenters. The molecule has 0 aromatic heterocycles. The fourth-order valence-electron chi connectivity index (χ4n) is 7.82. The summed E-state index contributed by atoms with van der Waals surface area (Å²) in [5.41, 5.74) is 2.07. The first-order valence-electron chi connectivity index (χ1n) is 24.1. The second-order valence-corrected chi connectivity index (χ2v) is 24.3. The van der Waals surface area contributed by atoms with Crippen molar-refractivity contribution in [2.24, 2.45) is 0 Å². The van der Waals surface area contributed by atoms with Crippen LogP contribution in [-0.2, 0) is 63.2 Å². The van der Waals surface area contributed by atoms with Crippen LogP contribution in [0, 0.1) is 0 Å². The molecule has 73 heavy (non-hydrogen) atoms. The lowest BCUT2D eigenvalue weighted by Gasteiger charge is -2.32. The van der Waals surface area contributed by atoms with Gasteiger partial charge in [-0.05, 0) is 79.8 Å². The first-order valence-corrected chi connectivity index (χ1v) is 28.5. The lowest BCUT2D eigenvalue weighted by Crippen LogP contribution is -2.26. The number of benzene rings is 6. The van der Waals surface area contributed by atoms with Gasteiger partial charge in [-0.2, -0.15) is 11.8 Å². The summed E-state index contributed by atoms with van der Waals surface area (Å²) >= 11 is 1.46. The van der Waals surface area contributed by atoms with Gasteiger partial charge in [0.05, 0.1) is 49.7 Å². The number of esters is 2. The molecule has 0 saturated carbocycles. The summed E-state index contributed by atoms with van der Waals surface area (Å²) in [6.45, 7) is 6.22. The molecule has 382 valence electrons. The maximum atomic E-state index is 15.5. The number of hydrogen-bond acceptors (Lipinski definition) is 14. The summed E-state index contributed by atoms with van der Waals surface area (Å²) in [4.78, 5) is 53.4. The molecule has 6 aromatic rings. The summed E-state index contributed by atoms with van der Waals surface area (Å²) < 4.78 is 73.4. The molecule has 0 N–H and O–H groups in total. The molecule has 0 aliphatic heterocycles. The third kappa shape index (κ3) is 15.3. The van der Waals surface area contributed by atoms with Crippen LogP contribution in [0.3, 0.4) is 0 Å². The van der Waals surface area contributed by atoms with E-state index in [1.165, 1.54) is 30.0 Å². The Balaban J connectivity index is 1.03. The summed E-state index contributed by atoms with van der Waals surface area (Å²) in [6.07, 6.45) is 2.88. The normalized spacial score (nSPS) is 12.6. The molecular weight excluding hydrogens is 987 g/mol. The lowest BCUT2D eigenvalue weighted by molar-refractivity contribution is -0.131. The Morgan fingerprint density at radius 1 is 0.548 bits per heavy atom. The minimum absolute atomic E-state index is 0.0402. The molecule has 1 aliphatic rings. The van der Waals surface area contributed by atoms with E-state index in [2.05, 4.69) is 0 Å².